The van der Waals surface area contributed by atoms with Gasteiger partial charge in [0.15, 0.2) is 17.9 Å². The van der Waals surface area contributed by atoms with Crippen molar-refractivity contribution in [1.82, 2.24) is 0 Å². The van der Waals surface area contributed by atoms with Crippen molar-refractivity contribution in [2.24, 2.45) is 0 Å². The van der Waals surface area contributed by atoms with Gasteiger partial charge in [-0.15, -0.1) is 13.2 Å². The standard InChI is InChI=1S/C8H3F5O2/c9-5-2-1-4(3-14)6(10)7(5)15-8(11,12)13/h1-3H. The third-order valence-corrected chi connectivity index (χ3v) is 1.42. The maximum Gasteiger partial charge on any atom is 0.573 e. The molecule has 0 aromatic heterocycles. The van der Waals surface area contributed by atoms with Gasteiger partial charge in [0.2, 0.25) is 5.75 Å². The van der Waals surface area contributed by atoms with Gasteiger partial charge in [0.05, 0.1) is 5.56 Å². The second-order valence-electron chi connectivity index (χ2n) is 2.45. The Morgan fingerprint density at radius 2 is 1.80 bits per heavy atom. The molecule has 0 heterocycles. The molecule has 1 aromatic rings. The van der Waals surface area contributed by atoms with Gasteiger partial charge in [-0.25, -0.2) is 8.78 Å². The van der Waals surface area contributed by atoms with E-state index in [-0.39, 0.29) is 6.29 Å². The first-order valence-electron chi connectivity index (χ1n) is 3.54. The SMILES string of the molecule is O=Cc1ccc(F)c(OC(F)(F)F)c1F. The minimum absolute atomic E-state index is 0.0436. The molecule has 7 heteroatoms. The summed E-state index contributed by atoms with van der Waals surface area (Å²) in [7, 11) is 0. The Kier molecular flexibility index (Phi) is 2.92. The fourth-order valence-electron chi connectivity index (χ4n) is 0.848. The van der Waals surface area contributed by atoms with Crippen LogP contribution in [0.2, 0.25) is 0 Å². The van der Waals surface area contributed by atoms with E-state index in [1.165, 1.54) is 0 Å². The minimum Gasteiger partial charge on any atom is -0.399 e. The first kappa shape index (κ1) is 11.4. The molecule has 0 spiro atoms. The van der Waals surface area contributed by atoms with Gasteiger partial charge in [0.1, 0.15) is 0 Å². The van der Waals surface area contributed by atoms with E-state index >= 15 is 0 Å². The quantitative estimate of drug-likeness (QED) is 0.572. The molecule has 0 atom stereocenters. The summed E-state index contributed by atoms with van der Waals surface area (Å²) in [6.07, 6.45) is -5.26. The average Bonchev–Trinajstić information content (AvgIpc) is 2.11. The van der Waals surface area contributed by atoms with Crippen LogP contribution >= 0.6 is 0 Å². The van der Waals surface area contributed by atoms with Gasteiger partial charge < -0.3 is 4.74 Å². The van der Waals surface area contributed by atoms with Crippen molar-refractivity contribution in [1.29, 1.82) is 0 Å². The number of alkyl halides is 3. The van der Waals surface area contributed by atoms with E-state index in [1.807, 2.05) is 0 Å². The molecule has 0 aliphatic carbocycles. The first-order valence-corrected chi connectivity index (χ1v) is 3.54. The van der Waals surface area contributed by atoms with Crippen LogP contribution in [0, 0.1) is 11.6 Å². The van der Waals surface area contributed by atoms with Gasteiger partial charge in [0, 0.05) is 0 Å². The smallest absolute Gasteiger partial charge is 0.399 e. The number of hydrogen-bond donors (Lipinski definition) is 0. The highest BCUT2D eigenvalue weighted by atomic mass is 19.4. The Hall–Kier alpha value is -1.66. The lowest BCUT2D eigenvalue weighted by Crippen LogP contribution is -2.19. The summed E-state index contributed by atoms with van der Waals surface area (Å²) in [5, 5.41) is 0. The Labute approximate surface area is 80.3 Å². The van der Waals surface area contributed by atoms with Gasteiger partial charge in [-0.2, -0.15) is 0 Å². The Morgan fingerprint density at radius 3 is 2.27 bits per heavy atom. The predicted octanol–water partition coefficient (Wildman–Crippen LogP) is 2.68. The van der Waals surface area contributed by atoms with Gasteiger partial charge >= 0.3 is 6.36 Å². The van der Waals surface area contributed by atoms with E-state index in [0.717, 1.165) is 0 Å². The van der Waals surface area contributed by atoms with Crippen LogP contribution < -0.4 is 4.74 Å². The van der Waals surface area contributed by atoms with Gasteiger partial charge in [0.25, 0.3) is 0 Å². The van der Waals surface area contributed by atoms with Crippen molar-refractivity contribution in [2.45, 2.75) is 6.36 Å². The second-order valence-corrected chi connectivity index (χ2v) is 2.45. The van der Waals surface area contributed by atoms with Crippen LogP contribution in [-0.2, 0) is 0 Å². The van der Waals surface area contributed by atoms with Crippen LogP contribution in [0.3, 0.4) is 0 Å². The molecule has 1 aromatic carbocycles. The zero-order chi connectivity index (χ0) is 11.6. The molecule has 0 N–H and O–H groups in total. The number of ether oxygens (including phenoxy) is 1. The highest BCUT2D eigenvalue weighted by Gasteiger charge is 2.34. The Bertz CT molecular complexity index is 385. The normalized spacial score (nSPS) is 11.3. The van der Waals surface area contributed by atoms with Gasteiger partial charge in [-0.1, -0.05) is 0 Å². The third kappa shape index (κ3) is 2.64. The van der Waals surface area contributed by atoms with Gasteiger partial charge in [-0.3, -0.25) is 4.79 Å². The van der Waals surface area contributed by atoms with Crippen LogP contribution in [0.5, 0.6) is 5.75 Å². The van der Waals surface area contributed by atoms with Crippen molar-refractivity contribution < 1.29 is 31.5 Å². The number of aldehydes is 1. The van der Waals surface area contributed by atoms with Crippen LogP contribution in [0.4, 0.5) is 22.0 Å². The maximum absolute atomic E-state index is 13.0. The number of benzene rings is 1. The second kappa shape index (κ2) is 3.84. The summed E-state index contributed by atoms with van der Waals surface area (Å²) in [4.78, 5) is 10.2. The minimum atomic E-state index is -5.22. The van der Waals surface area contributed by atoms with E-state index in [0.29, 0.717) is 12.1 Å². The number of hydrogen-bond acceptors (Lipinski definition) is 2. The van der Waals surface area contributed by atoms with Gasteiger partial charge in [-0.05, 0) is 12.1 Å². The number of rotatable bonds is 2. The zero-order valence-electron chi connectivity index (χ0n) is 6.94. The largest absolute Gasteiger partial charge is 0.573 e. The van der Waals surface area contributed by atoms with Crippen molar-refractivity contribution in [3.05, 3.63) is 29.3 Å². The molecule has 0 amide bonds. The molecule has 0 radical (unpaired) electrons. The first-order chi connectivity index (χ1) is 6.85. The van der Waals surface area contributed by atoms with E-state index < -0.39 is 29.3 Å². The predicted molar refractivity (Wildman–Crippen MR) is 38.4 cm³/mol. The number of carbonyl (C=O) groups is 1. The van der Waals surface area contributed by atoms with Crippen molar-refractivity contribution in [3.63, 3.8) is 0 Å². The van der Waals surface area contributed by atoms with Crippen molar-refractivity contribution in [2.75, 3.05) is 0 Å². The fourth-order valence-corrected chi connectivity index (χ4v) is 0.848. The summed E-state index contributed by atoms with van der Waals surface area (Å²) in [5.41, 5.74) is -0.712. The lowest BCUT2D eigenvalue weighted by Gasteiger charge is -2.10. The van der Waals surface area contributed by atoms with E-state index in [2.05, 4.69) is 4.74 Å². The van der Waals surface area contributed by atoms with Crippen LogP contribution in [0.15, 0.2) is 12.1 Å². The maximum atomic E-state index is 13.0. The molecular formula is C8H3F5O2. The summed E-state index contributed by atoms with van der Waals surface area (Å²) in [5.74, 6) is -4.84. The van der Waals surface area contributed by atoms with E-state index in [4.69, 9.17) is 0 Å². The van der Waals surface area contributed by atoms with Crippen LogP contribution in [0.25, 0.3) is 0 Å². The Morgan fingerprint density at radius 1 is 1.20 bits per heavy atom. The highest BCUT2D eigenvalue weighted by molar-refractivity contribution is 5.76. The van der Waals surface area contributed by atoms with Crippen molar-refractivity contribution >= 4 is 6.29 Å². The zero-order valence-corrected chi connectivity index (χ0v) is 6.94. The monoisotopic (exact) mass is 226 g/mol. The lowest BCUT2D eigenvalue weighted by atomic mass is 10.2. The fraction of sp³-hybridized carbons (Fsp3) is 0.125. The Balaban J connectivity index is 3.21. The molecule has 15 heavy (non-hydrogen) atoms. The lowest BCUT2D eigenvalue weighted by molar-refractivity contribution is -0.276. The molecule has 0 saturated carbocycles. The molecule has 0 saturated heterocycles. The molecule has 2 nitrogen and oxygen atoms in total. The molecule has 0 unspecified atom stereocenters. The molecule has 0 bridgehead atoms. The molecule has 0 fully saturated rings. The number of halogens is 5. The van der Waals surface area contributed by atoms with E-state index in [9.17, 15) is 26.7 Å². The molecular weight excluding hydrogens is 223 g/mol. The topological polar surface area (TPSA) is 26.3 Å². The van der Waals surface area contributed by atoms with E-state index in [1.54, 1.807) is 0 Å². The molecule has 1 rings (SSSR count). The summed E-state index contributed by atoms with van der Waals surface area (Å²) < 4.78 is 63.9. The van der Waals surface area contributed by atoms with Crippen molar-refractivity contribution in [3.8, 4) is 5.75 Å². The summed E-state index contributed by atoms with van der Waals surface area (Å²) >= 11 is 0. The average molecular weight is 226 g/mol. The molecule has 82 valence electrons. The summed E-state index contributed by atoms with van der Waals surface area (Å²) in [6, 6.07) is 1.22. The van der Waals surface area contributed by atoms with Crippen LogP contribution in [-0.4, -0.2) is 12.6 Å². The van der Waals surface area contributed by atoms with Crippen LogP contribution in [0.1, 0.15) is 10.4 Å². The number of carbonyl (C=O) groups excluding carboxylic acids is 1. The highest BCUT2D eigenvalue weighted by Crippen LogP contribution is 2.29. The molecule has 0 aliphatic heterocycles. The third-order valence-electron chi connectivity index (χ3n) is 1.42. The molecule has 0 aliphatic rings. The summed E-state index contributed by atoms with van der Waals surface area (Å²) in [6.45, 7) is 0.